The Hall–Kier alpha value is -2.07. The standard InChI is InChI=1S/C18H19ClFNO2/c1-3-12-5-8-14(9-6-12)23-17(4-2)18(22)21-13-7-10-16(20)15(19)11-13/h5-11,17H,3-4H2,1-2H3,(H,21,22). The van der Waals surface area contributed by atoms with Crippen molar-refractivity contribution in [1.82, 2.24) is 0 Å². The summed E-state index contributed by atoms with van der Waals surface area (Å²) in [5.74, 6) is -0.181. The zero-order valence-electron chi connectivity index (χ0n) is 13.1. The Balaban J connectivity index is 2.03. The van der Waals surface area contributed by atoms with Crippen LogP contribution in [0.15, 0.2) is 42.5 Å². The average molecular weight is 336 g/mol. The maximum absolute atomic E-state index is 13.1. The number of carbonyl (C=O) groups excluding carboxylic acids is 1. The average Bonchev–Trinajstić information content (AvgIpc) is 2.56. The summed E-state index contributed by atoms with van der Waals surface area (Å²) in [6, 6.07) is 11.7. The van der Waals surface area contributed by atoms with E-state index in [1.54, 1.807) is 0 Å². The molecule has 5 heteroatoms. The molecule has 0 saturated heterocycles. The van der Waals surface area contributed by atoms with Crippen LogP contribution in [0.4, 0.5) is 10.1 Å². The molecule has 122 valence electrons. The number of anilines is 1. The number of ether oxygens (including phenoxy) is 1. The summed E-state index contributed by atoms with van der Waals surface area (Å²) >= 11 is 5.71. The third-order valence-electron chi connectivity index (χ3n) is 3.46. The van der Waals surface area contributed by atoms with E-state index >= 15 is 0 Å². The minimum absolute atomic E-state index is 0.0353. The Morgan fingerprint density at radius 2 is 1.91 bits per heavy atom. The van der Waals surface area contributed by atoms with Gasteiger partial charge in [-0.2, -0.15) is 0 Å². The van der Waals surface area contributed by atoms with Crippen LogP contribution in [0, 0.1) is 5.82 Å². The van der Waals surface area contributed by atoms with Crippen LogP contribution in [-0.4, -0.2) is 12.0 Å². The molecular weight excluding hydrogens is 317 g/mol. The fraction of sp³-hybridized carbons (Fsp3) is 0.278. The Morgan fingerprint density at radius 3 is 2.48 bits per heavy atom. The summed E-state index contributed by atoms with van der Waals surface area (Å²) in [5.41, 5.74) is 1.64. The predicted octanol–water partition coefficient (Wildman–Crippen LogP) is 4.84. The van der Waals surface area contributed by atoms with E-state index < -0.39 is 11.9 Å². The number of carbonyl (C=O) groups is 1. The zero-order valence-corrected chi connectivity index (χ0v) is 13.9. The molecule has 0 aliphatic carbocycles. The maximum Gasteiger partial charge on any atom is 0.265 e. The van der Waals surface area contributed by atoms with Gasteiger partial charge in [0.15, 0.2) is 6.10 Å². The molecule has 1 amide bonds. The molecule has 0 aliphatic rings. The Morgan fingerprint density at radius 1 is 1.22 bits per heavy atom. The number of hydrogen-bond acceptors (Lipinski definition) is 2. The van der Waals surface area contributed by atoms with Gasteiger partial charge in [0.25, 0.3) is 5.91 Å². The molecule has 0 radical (unpaired) electrons. The molecule has 0 heterocycles. The van der Waals surface area contributed by atoms with Crippen LogP contribution in [0.25, 0.3) is 0 Å². The summed E-state index contributed by atoms with van der Waals surface area (Å²) in [7, 11) is 0. The fourth-order valence-corrected chi connectivity index (χ4v) is 2.27. The van der Waals surface area contributed by atoms with Gasteiger partial charge in [0.1, 0.15) is 11.6 Å². The van der Waals surface area contributed by atoms with Gasteiger partial charge in [-0.1, -0.05) is 37.6 Å². The van der Waals surface area contributed by atoms with Crippen LogP contribution in [0.5, 0.6) is 5.75 Å². The number of halogens is 2. The van der Waals surface area contributed by atoms with E-state index in [2.05, 4.69) is 12.2 Å². The first kappa shape index (κ1) is 17.3. The quantitative estimate of drug-likeness (QED) is 0.820. The van der Waals surface area contributed by atoms with E-state index in [-0.39, 0.29) is 10.9 Å². The predicted molar refractivity (Wildman–Crippen MR) is 90.6 cm³/mol. The van der Waals surface area contributed by atoms with Crippen molar-refractivity contribution < 1.29 is 13.9 Å². The summed E-state index contributed by atoms with van der Waals surface area (Å²) in [5, 5.41) is 2.65. The van der Waals surface area contributed by atoms with E-state index in [4.69, 9.17) is 16.3 Å². The lowest BCUT2D eigenvalue weighted by molar-refractivity contribution is -0.122. The number of nitrogens with one attached hydrogen (secondary N) is 1. The summed E-state index contributed by atoms with van der Waals surface area (Å²) in [6.07, 6.45) is 0.825. The highest BCUT2D eigenvalue weighted by molar-refractivity contribution is 6.31. The molecule has 1 N–H and O–H groups in total. The van der Waals surface area contributed by atoms with Gasteiger partial charge in [0, 0.05) is 5.69 Å². The number of rotatable bonds is 6. The molecule has 0 aliphatic heterocycles. The maximum atomic E-state index is 13.1. The molecule has 1 atom stereocenters. The van der Waals surface area contributed by atoms with Gasteiger partial charge in [-0.25, -0.2) is 4.39 Å². The molecule has 0 fully saturated rings. The normalized spacial score (nSPS) is 11.8. The summed E-state index contributed by atoms with van der Waals surface area (Å²) < 4.78 is 18.9. The van der Waals surface area contributed by atoms with Crippen LogP contribution in [0.2, 0.25) is 5.02 Å². The molecule has 1 unspecified atom stereocenters. The number of hydrogen-bond donors (Lipinski definition) is 1. The number of amides is 1. The van der Waals surface area contributed by atoms with Crippen molar-refractivity contribution in [3.63, 3.8) is 0 Å². The molecular formula is C18H19ClFNO2. The van der Waals surface area contributed by atoms with Gasteiger partial charge in [0.05, 0.1) is 5.02 Å². The zero-order chi connectivity index (χ0) is 16.8. The monoisotopic (exact) mass is 335 g/mol. The van der Waals surface area contributed by atoms with E-state index in [9.17, 15) is 9.18 Å². The first-order valence-electron chi connectivity index (χ1n) is 7.55. The van der Waals surface area contributed by atoms with Crippen molar-refractivity contribution in [2.75, 3.05) is 5.32 Å². The van der Waals surface area contributed by atoms with E-state index in [1.807, 2.05) is 31.2 Å². The van der Waals surface area contributed by atoms with Crippen molar-refractivity contribution in [1.29, 1.82) is 0 Å². The van der Waals surface area contributed by atoms with Gasteiger partial charge in [0.2, 0.25) is 0 Å². The largest absolute Gasteiger partial charge is 0.481 e. The van der Waals surface area contributed by atoms with Crippen molar-refractivity contribution in [3.8, 4) is 5.75 Å². The Bertz CT molecular complexity index is 673. The molecule has 2 aromatic rings. The smallest absolute Gasteiger partial charge is 0.265 e. The van der Waals surface area contributed by atoms with Crippen LogP contribution in [0.1, 0.15) is 25.8 Å². The molecule has 0 saturated carbocycles. The third-order valence-corrected chi connectivity index (χ3v) is 3.75. The van der Waals surface area contributed by atoms with Crippen molar-refractivity contribution >= 4 is 23.2 Å². The van der Waals surface area contributed by atoms with Gasteiger partial charge in [-0.05, 0) is 48.7 Å². The van der Waals surface area contributed by atoms with Crippen molar-refractivity contribution in [3.05, 3.63) is 58.9 Å². The highest BCUT2D eigenvalue weighted by atomic mass is 35.5. The lowest BCUT2D eigenvalue weighted by atomic mass is 10.1. The van der Waals surface area contributed by atoms with Crippen molar-refractivity contribution in [2.45, 2.75) is 32.8 Å². The van der Waals surface area contributed by atoms with Gasteiger partial charge >= 0.3 is 0 Å². The first-order chi connectivity index (χ1) is 11.0. The number of aryl methyl sites for hydroxylation is 1. The Kier molecular flexibility index (Phi) is 5.99. The van der Waals surface area contributed by atoms with E-state index in [0.29, 0.717) is 17.9 Å². The molecule has 2 rings (SSSR count). The lowest BCUT2D eigenvalue weighted by Crippen LogP contribution is -2.32. The molecule has 23 heavy (non-hydrogen) atoms. The SMILES string of the molecule is CCc1ccc(OC(CC)C(=O)Nc2ccc(F)c(Cl)c2)cc1. The van der Waals surface area contributed by atoms with Crippen LogP contribution in [0.3, 0.4) is 0 Å². The van der Waals surface area contributed by atoms with E-state index in [0.717, 1.165) is 6.42 Å². The van der Waals surface area contributed by atoms with E-state index in [1.165, 1.54) is 23.8 Å². The second kappa shape index (κ2) is 7.97. The highest BCUT2D eigenvalue weighted by Crippen LogP contribution is 2.20. The van der Waals surface area contributed by atoms with Gasteiger partial charge in [-0.3, -0.25) is 4.79 Å². The summed E-state index contributed by atoms with van der Waals surface area (Å²) in [4.78, 5) is 12.3. The van der Waals surface area contributed by atoms with Crippen LogP contribution < -0.4 is 10.1 Å². The molecule has 3 nitrogen and oxygen atoms in total. The van der Waals surface area contributed by atoms with Crippen molar-refractivity contribution in [2.24, 2.45) is 0 Å². The minimum Gasteiger partial charge on any atom is -0.481 e. The topological polar surface area (TPSA) is 38.3 Å². The highest BCUT2D eigenvalue weighted by Gasteiger charge is 2.19. The molecule has 0 bridgehead atoms. The van der Waals surface area contributed by atoms with Gasteiger partial charge in [-0.15, -0.1) is 0 Å². The lowest BCUT2D eigenvalue weighted by Gasteiger charge is -2.17. The second-order valence-electron chi connectivity index (χ2n) is 5.13. The summed E-state index contributed by atoms with van der Waals surface area (Å²) in [6.45, 7) is 3.94. The third kappa shape index (κ3) is 4.70. The minimum atomic E-state index is -0.633. The molecule has 0 aromatic heterocycles. The second-order valence-corrected chi connectivity index (χ2v) is 5.54. The molecule has 0 spiro atoms. The van der Waals surface area contributed by atoms with Gasteiger partial charge < -0.3 is 10.1 Å². The van der Waals surface area contributed by atoms with Crippen LogP contribution in [-0.2, 0) is 11.2 Å². The first-order valence-corrected chi connectivity index (χ1v) is 7.92. The van der Waals surface area contributed by atoms with Crippen LogP contribution >= 0.6 is 11.6 Å². The fourth-order valence-electron chi connectivity index (χ4n) is 2.09. The Labute approximate surface area is 140 Å². The molecule has 2 aromatic carbocycles. The number of benzene rings is 2.